The van der Waals surface area contributed by atoms with Crippen molar-refractivity contribution >= 4 is 0 Å². The van der Waals surface area contributed by atoms with Crippen LogP contribution in [0.2, 0.25) is 0 Å². The topological polar surface area (TPSA) is 32.7 Å². The second-order valence-electron chi connectivity index (χ2n) is 4.39. The summed E-state index contributed by atoms with van der Waals surface area (Å²) in [5, 5.41) is 8.83. The van der Waals surface area contributed by atoms with Gasteiger partial charge in [-0.25, -0.2) is 0 Å². The van der Waals surface area contributed by atoms with E-state index < -0.39 is 11.7 Å². The highest BCUT2D eigenvalue weighted by Gasteiger charge is 2.30. The first kappa shape index (κ1) is 16.8. The van der Waals surface area contributed by atoms with Crippen molar-refractivity contribution < 1.29 is 23.0 Å². The molecule has 1 rings (SSSR count). The number of likely N-dealkylation sites (N-methyl/N-ethyl adjacent to an activating group) is 1. The summed E-state index contributed by atoms with van der Waals surface area (Å²) in [6, 6.07) is 4.88. The lowest BCUT2D eigenvalue weighted by Crippen LogP contribution is -2.28. The molecule has 0 aliphatic rings. The molecule has 20 heavy (non-hydrogen) atoms. The number of ether oxygens (including phenoxy) is 1. The van der Waals surface area contributed by atoms with E-state index in [1.54, 1.807) is 0 Å². The zero-order chi connectivity index (χ0) is 15.0. The SMILES string of the molecule is CCN(CCO)CCCOc1cccc(C(F)(F)F)c1. The average Bonchev–Trinajstić information content (AvgIpc) is 2.41. The van der Waals surface area contributed by atoms with Crippen molar-refractivity contribution in [1.82, 2.24) is 4.90 Å². The Labute approximate surface area is 117 Å². The Morgan fingerprint density at radius 2 is 2.00 bits per heavy atom. The van der Waals surface area contributed by atoms with Gasteiger partial charge in [-0.05, 0) is 31.2 Å². The first-order valence-electron chi connectivity index (χ1n) is 6.60. The number of aliphatic hydroxyl groups is 1. The predicted octanol–water partition coefficient (Wildman–Crippen LogP) is 2.79. The number of hydrogen-bond acceptors (Lipinski definition) is 3. The van der Waals surface area contributed by atoms with E-state index in [2.05, 4.69) is 4.90 Å². The second-order valence-corrected chi connectivity index (χ2v) is 4.39. The number of aliphatic hydroxyl groups excluding tert-OH is 1. The van der Waals surface area contributed by atoms with Crippen LogP contribution in [0.25, 0.3) is 0 Å². The van der Waals surface area contributed by atoms with Crippen LogP contribution in [0.5, 0.6) is 5.75 Å². The van der Waals surface area contributed by atoms with Crippen molar-refractivity contribution in [3.63, 3.8) is 0 Å². The molecule has 0 bridgehead atoms. The Kier molecular flexibility index (Phi) is 6.81. The van der Waals surface area contributed by atoms with Crippen LogP contribution in [0.3, 0.4) is 0 Å². The van der Waals surface area contributed by atoms with Crippen molar-refractivity contribution in [3.05, 3.63) is 29.8 Å². The fraction of sp³-hybridized carbons (Fsp3) is 0.571. The van der Waals surface area contributed by atoms with E-state index in [-0.39, 0.29) is 12.4 Å². The van der Waals surface area contributed by atoms with Crippen LogP contribution < -0.4 is 4.74 Å². The van der Waals surface area contributed by atoms with Gasteiger partial charge in [-0.1, -0.05) is 13.0 Å². The van der Waals surface area contributed by atoms with Crippen LogP contribution in [-0.2, 0) is 6.18 Å². The minimum atomic E-state index is -4.35. The van der Waals surface area contributed by atoms with Gasteiger partial charge < -0.3 is 14.7 Å². The Morgan fingerprint density at radius 3 is 2.60 bits per heavy atom. The zero-order valence-electron chi connectivity index (χ0n) is 11.5. The van der Waals surface area contributed by atoms with E-state index in [1.165, 1.54) is 12.1 Å². The second kappa shape index (κ2) is 8.11. The van der Waals surface area contributed by atoms with Crippen LogP contribution in [0.1, 0.15) is 18.9 Å². The Hall–Kier alpha value is -1.27. The number of hydrogen-bond donors (Lipinski definition) is 1. The van der Waals surface area contributed by atoms with Gasteiger partial charge in [0, 0.05) is 13.1 Å². The fourth-order valence-electron chi connectivity index (χ4n) is 1.81. The van der Waals surface area contributed by atoms with Gasteiger partial charge in [-0.15, -0.1) is 0 Å². The highest BCUT2D eigenvalue weighted by Crippen LogP contribution is 2.31. The third kappa shape index (κ3) is 5.79. The number of halogens is 3. The van der Waals surface area contributed by atoms with Crippen LogP contribution in [0.4, 0.5) is 13.2 Å². The lowest BCUT2D eigenvalue weighted by Gasteiger charge is -2.18. The van der Waals surface area contributed by atoms with Crippen LogP contribution in [0, 0.1) is 0 Å². The minimum absolute atomic E-state index is 0.0995. The molecule has 1 N–H and O–H groups in total. The van der Waals surface area contributed by atoms with Gasteiger partial charge in [0.25, 0.3) is 0 Å². The highest BCUT2D eigenvalue weighted by atomic mass is 19.4. The van der Waals surface area contributed by atoms with Crippen molar-refractivity contribution in [2.45, 2.75) is 19.5 Å². The molecule has 0 aliphatic heterocycles. The van der Waals surface area contributed by atoms with Gasteiger partial charge in [0.05, 0.1) is 18.8 Å². The van der Waals surface area contributed by atoms with Crippen molar-refractivity contribution in [1.29, 1.82) is 0 Å². The molecule has 0 radical (unpaired) electrons. The molecule has 3 nitrogen and oxygen atoms in total. The summed E-state index contributed by atoms with van der Waals surface area (Å²) < 4.78 is 42.8. The van der Waals surface area contributed by atoms with Crippen LogP contribution >= 0.6 is 0 Å². The largest absolute Gasteiger partial charge is 0.494 e. The molecule has 0 fully saturated rings. The third-order valence-corrected chi connectivity index (χ3v) is 2.91. The summed E-state index contributed by atoms with van der Waals surface area (Å²) >= 11 is 0. The Morgan fingerprint density at radius 1 is 1.25 bits per heavy atom. The molecule has 0 aliphatic carbocycles. The molecule has 0 aromatic heterocycles. The summed E-state index contributed by atoms with van der Waals surface area (Å²) in [6.07, 6.45) is -3.65. The van der Waals surface area contributed by atoms with E-state index in [0.717, 1.165) is 25.2 Å². The van der Waals surface area contributed by atoms with Crippen molar-refractivity contribution in [2.75, 3.05) is 32.8 Å². The predicted molar refractivity (Wildman–Crippen MR) is 70.8 cm³/mol. The Bertz CT molecular complexity index is 396. The first-order chi connectivity index (χ1) is 9.47. The summed E-state index contributed by atoms with van der Waals surface area (Å²) in [7, 11) is 0. The van der Waals surface area contributed by atoms with Gasteiger partial charge in [-0.3, -0.25) is 0 Å². The molecule has 0 saturated heterocycles. The third-order valence-electron chi connectivity index (χ3n) is 2.91. The van der Waals surface area contributed by atoms with Gasteiger partial charge in [0.1, 0.15) is 5.75 Å². The van der Waals surface area contributed by atoms with Gasteiger partial charge in [-0.2, -0.15) is 13.2 Å². The quantitative estimate of drug-likeness (QED) is 0.748. The van der Waals surface area contributed by atoms with Crippen LogP contribution in [-0.4, -0.2) is 42.9 Å². The maximum Gasteiger partial charge on any atom is 0.416 e. The molecular weight excluding hydrogens is 271 g/mol. The molecule has 0 heterocycles. The lowest BCUT2D eigenvalue weighted by atomic mass is 10.2. The van der Waals surface area contributed by atoms with Gasteiger partial charge in [0.15, 0.2) is 0 Å². The molecule has 114 valence electrons. The molecule has 0 amide bonds. The summed E-state index contributed by atoms with van der Waals surface area (Å²) in [4.78, 5) is 2.05. The summed E-state index contributed by atoms with van der Waals surface area (Å²) in [5.41, 5.74) is -0.703. The van der Waals surface area contributed by atoms with E-state index >= 15 is 0 Å². The highest BCUT2D eigenvalue weighted by molar-refractivity contribution is 5.30. The van der Waals surface area contributed by atoms with Gasteiger partial charge >= 0.3 is 6.18 Å². The molecule has 0 spiro atoms. The maximum atomic E-state index is 12.5. The molecule has 1 aromatic carbocycles. The first-order valence-corrected chi connectivity index (χ1v) is 6.60. The minimum Gasteiger partial charge on any atom is -0.494 e. The molecular formula is C14H20F3NO2. The van der Waals surface area contributed by atoms with Crippen molar-refractivity contribution in [3.8, 4) is 5.75 Å². The number of nitrogens with zero attached hydrogens (tertiary/aromatic N) is 1. The molecule has 0 saturated carbocycles. The zero-order valence-corrected chi connectivity index (χ0v) is 11.5. The van der Waals surface area contributed by atoms with E-state index in [1.807, 2.05) is 6.92 Å². The number of benzene rings is 1. The molecule has 1 aromatic rings. The smallest absolute Gasteiger partial charge is 0.416 e. The fourth-order valence-corrected chi connectivity index (χ4v) is 1.81. The Balaban J connectivity index is 2.39. The van der Waals surface area contributed by atoms with Crippen LogP contribution in [0.15, 0.2) is 24.3 Å². The van der Waals surface area contributed by atoms with E-state index in [9.17, 15) is 13.2 Å². The number of alkyl halides is 3. The molecule has 6 heteroatoms. The summed E-state index contributed by atoms with van der Waals surface area (Å²) in [5.74, 6) is 0.227. The number of rotatable bonds is 8. The normalized spacial score (nSPS) is 11.9. The molecule has 0 unspecified atom stereocenters. The average molecular weight is 291 g/mol. The van der Waals surface area contributed by atoms with E-state index in [4.69, 9.17) is 9.84 Å². The van der Waals surface area contributed by atoms with E-state index in [0.29, 0.717) is 19.6 Å². The standard InChI is InChI=1S/C14H20F3NO2/c1-2-18(8-9-19)7-4-10-20-13-6-3-5-12(11-13)14(15,16)17/h3,5-6,11,19H,2,4,7-10H2,1H3. The van der Waals surface area contributed by atoms with Crippen molar-refractivity contribution in [2.24, 2.45) is 0 Å². The maximum absolute atomic E-state index is 12.5. The monoisotopic (exact) mass is 291 g/mol. The summed E-state index contributed by atoms with van der Waals surface area (Å²) in [6.45, 7) is 4.61. The van der Waals surface area contributed by atoms with Gasteiger partial charge in [0.2, 0.25) is 0 Å². The lowest BCUT2D eigenvalue weighted by molar-refractivity contribution is -0.137. The molecule has 0 atom stereocenters.